The maximum Gasteiger partial charge on any atom is 0.329 e. The largest absolute Gasteiger partial charge is 0.612 e. The first kappa shape index (κ1) is 14.1. The SMILES string of the molecule is NC([S+]([O-])C(N)S(=O)(=O)O)S(=O)(=O)O. The second-order valence-electron chi connectivity index (χ2n) is 2.10. The Labute approximate surface area is 83.1 Å². The van der Waals surface area contributed by atoms with Gasteiger partial charge >= 0.3 is 20.2 Å². The van der Waals surface area contributed by atoms with Crippen LogP contribution in [0.5, 0.6) is 0 Å². The fraction of sp³-hybridized carbons (Fsp3) is 1.00. The van der Waals surface area contributed by atoms with Crippen LogP contribution in [0.15, 0.2) is 0 Å². The van der Waals surface area contributed by atoms with Gasteiger partial charge in [0.15, 0.2) is 0 Å². The Morgan fingerprint density at radius 3 is 1.36 bits per heavy atom. The van der Waals surface area contributed by atoms with Gasteiger partial charge in [-0.05, 0) is 0 Å². The molecule has 0 aliphatic rings. The summed E-state index contributed by atoms with van der Waals surface area (Å²) in [6, 6.07) is 0. The maximum atomic E-state index is 10.9. The van der Waals surface area contributed by atoms with Crippen molar-refractivity contribution < 1.29 is 30.5 Å². The van der Waals surface area contributed by atoms with Crippen LogP contribution in [0.4, 0.5) is 0 Å². The molecule has 14 heavy (non-hydrogen) atoms. The van der Waals surface area contributed by atoms with Crippen molar-refractivity contribution in [1.29, 1.82) is 0 Å². The normalized spacial score (nSPS) is 20.1. The molecule has 0 fully saturated rings. The summed E-state index contributed by atoms with van der Waals surface area (Å²) in [7, 11) is -9.77. The molecule has 86 valence electrons. The van der Waals surface area contributed by atoms with Crippen LogP contribution < -0.4 is 11.5 Å². The molecule has 0 heterocycles. The van der Waals surface area contributed by atoms with Crippen LogP contribution in [0.2, 0.25) is 0 Å². The third-order valence-corrected chi connectivity index (χ3v) is 5.73. The van der Waals surface area contributed by atoms with Gasteiger partial charge in [-0.15, -0.1) is 0 Å². The van der Waals surface area contributed by atoms with Gasteiger partial charge in [-0.1, -0.05) is 0 Å². The van der Waals surface area contributed by atoms with E-state index in [4.69, 9.17) is 20.6 Å². The van der Waals surface area contributed by atoms with Crippen molar-refractivity contribution in [3.63, 3.8) is 0 Å². The lowest BCUT2D eigenvalue weighted by atomic mass is 11.5. The fourth-order valence-electron chi connectivity index (χ4n) is 0.372. The van der Waals surface area contributed by atoms with E-state index in [0.717, 1.165) is 0 Å². The Balaban J connectivity index is 4.91. The fourth-order valence-corrected chi connectivity index (χ4v) is 3.48. The highest BCUT2D eigenvalue weighted by Crippen LogP contribution is 2.10. The molecule has 0 aromatic carbocycles. The first-order valence-corrected chi connectivity index (χ1v) is 7.09. The minimum Gasteiger partial charge on any atom is -0.612 e. The molecule has 12 heteroatoms. The van der Waals surface area contributed by atoms with Gasteiger partial charge in [-0.3, -0.25) is 20.6 Å². The van der Waals surface area contributed by atoms with E-state index in [-0.39, 0.29) is 0 Å². The molecule has 0 rings (SSSR count). The van der Waals surface area contributed by atoms with Crippen LogP contribution in [-0.2, 0) is 31.4 Å². The van der Waals surface area contributed by atoms with E-state index in [1.54, 1.807) is 0 Å². The van der Waals surface area contributed by atoms with E-state index in [0.29, 0.717) is 0 Å². The number of rotatable bonds is 4. The van der Waals surface area contributed by atoms with Gasteiger partial charge in [0.1, 0.15) is 0 Å². The molecule has 0 radical (unpaired) electrons. The third-order valence-electron chi connectivity index (χ3n) is 1.05. The summed E-state index contributed by atoms with van der Waals surface area (Å²) in [6.45, 7) is 0. The van der Waals surface area contributed by atoms with E-state index >= 15 is 0 Å². The second-order valence-corrected chi connectivity index (χ2v) is 7.44. The summed E-state index contributed by atoms with van der Waals surface area (Å²) in [5, 5.41) is 0. The Morgan fingerprint density at radius 1 is 1.00 bits per heavy atom. The summed E-state index contributed by atoms with van der Waals surface area (Å²) in [5.74, 6) is 0. The zero-order chi connectivity index (χ0) is 11.7. The van der Waals surface area contributed by atoms with E-state index in [2.05, 4.69) is 0 Å². The first-order chi connectivity index (χ1) is 5.98. The molecule has 2 unspecified atom stereocenters. The molecule has 9 nitrogen and oxygen atoms in total. The van der Waals surface area contributed by atoms with E-state index in [1.165, 1.54) is 0 Å². The second kappa shape index (κ2) is 4.28. The predicted octanol–water partition coefficient (Wildman–Crippen LogP) is -3.00. The molecule has 0 aliphatic heterocycles. The molecule has 0 aromatic heterocycles. The summed E-state index contributed by atoms with van der Waals surface area (Å²) in [4.78, 5) is 0. The molecule has 6 N–H and O–H groups in total. The highest BCUT2D eigenvalue weighted by atomic mass is 32.3. The van der Waals surface area contributed by atoms with Crippen molar-refractivity contribution in [2.75, 3.05) is 0 Å². The molecule has 2 atom stereocenters. The Kier molecular flexibility index (Phi) is 4.29. The topological polar surface area (TPSA) is 184 Å². The molecule has 0 aliphatic carbocycles. The summed E-state index contributed by atoms with van der Waals surface area (Å²) < 4.78 is 64.0. The lowest BCUT2D eigenvalue weighted by Gasteiger charge is -2.18. The van der Waals surface area contributed by atoms with Crippen molar-refractivity contribution in [1.82, 2.24) is 0 Å². The molecule has 0 bridgehead atoms. The Bertz CT molecular complexity index is 347. The van der Waals surface area contributed by atoms with Gasteiger partial charge < -0.3 is 4.55 Å². The van der Waals surface area contributed by atoms with Gasteiger partial charge in [0.2, 0.25) is 0 Å². The van der Waals surface area contributed by atoms with Crippen molar-refractivity contribution in [3.05, 3.63) is 0 Å². The molecule has 0 saturated carbocycles. The van der Waals surface area contributed by atoms with Gasteiger partial charge in [0, 0.05) is 11.2 Å². The van der Waals surface area contributed by atoms with Gasteiger partial charge in [0.25, 0.3) is 9.41 Å². The van der Waals surface area contributed by atoms with E-state index in [9.17, 15) is 21.4 Å². The van der Waals surface area contributed by atoms with Crippen LogP contribution in [-0.4, -0.2) is 39.9 Å². The highest BCUT2D eigenvalue weighted by Gasteiger charge is 2.41. The average molecular weight is 268 g/mol. The van der Waals surface area contributed by atoms with E-state index < -0.39 is 40.8 Å². The minimum atomic E-state index is -4.89. The average Bonchev–Trinajstić information content (AvgIpc) is 1.97. The molecule has 0 amide bonds. The van der Waals surface area contributed by atoms with Crippen molar-refractivity contribution in [2.45, 2.75) is 9.41 Å². The lowest BCUT2D eigenvalue weighted by Crippen LogP contribution is -2.50. The van der Waals surface area contributed by atoms with Crippen molar-refractivity contribution in [3.8, 4) is 0 Å². The zero-order valence-electron chi connectivity index (χ0n) is 6.47. The number of hydrogen-bond acceptors (Lipinski definition) is 7. The Hall–Kier alpha value is 0.0500. The smallest absolute Gasteiger partial charge is 0.329 e. The quantitative estimate of drug-likeness (QED) is 0.304. The van der Waals surface area contributed by atoms with Gasteiger partial charge in [0.05, 0.1) is 0 Å². The lowest BCUT2D eigenvalue weighted by molar-refractivity contribution is 0.472. The summed E-state index contributed by atoms with van der Waals surface area (Å²) >= 11 is -2.87. The summed E-state index contributed by atoms with van der Waals surface area (Å²) in [5.41, 5.74) is 9.40. The van der Waals surface area contributed by atoms with Crippen LogP contribution in [0.25, 0.3) is 0 Å². The molecular formula is C2H8N2O7S3. The molecule has 0 aromatic rings. The van der Waals surface area contributed by atoms with Crippen LogP contribution in [0.1, 0.15) is 0 Å². The number of hydrogen-bond donors (Lipinski definition) is 4. The molecule has 0 spiro atoms. The predicted molar refractivity (Wildman–Crippen MR) is 47.2 cm³/mol. The van der Waals surface area contributed by atoms with Gasteiger partial charge in [-0.25, -0.2) is 0 Å². The zero-order valence-corrected chi connectivity index (χ0v) is 8.92. The van der Waals surface area contributed by atoms with Crippen LogP contribution in [0.3, 0.4) is 0 Å². The molecular weight excluding hydrogens is 260 g/mol. The van der Waals surface area contributed by atoms with Crippen molar-refractivity contribution in [2.24, 2.45) is 11.5 Å². The first-order valence-electron chi connectivity index (χ1n) is 2.81. The van der Waals surface area contributed by atoms with Crippen LogP contribution in [0, 0.1) is 0 Å². The third kappa shape index (κ3) is 3.66. The van der Waals surface area contributed by atoms with Crippen molar-refractivity contribution >= 4 is 31.4 Å². The maximum absolute atomic E-state index is 10.9. The van der Waals surface area contributed by atoms with Gasteiger partial charge in [-0.2, -0.15) is 16.8 Å². The highest BCUT2D eigenvalue weighted by molar-refractivity contribution is 8.13. The molecule has 0 saturated heterocycles. The monoisotopic (exact) mass is 268 g/mol. The minimum absolute atomic E-state index is 2.39. The Morgan fingerprint density at radius 2 is 1.21 bits per heavy atom. The van der Waals surface area contributed by atoms with Crippen LogP contribution >= 0.6 is 0 Å². The number of nitrogens with two attached hydrogens (primary N) is 2. The summed E-state index contributed by atoms with van der Waals surface area (Å²) in [6.07, 6.45) is 0. The standard InChI is InChI=1S/C2H8N2O7S3/c3-1(13(6,7)8)12(5)2(4)14(9,10)11/h1-2H,3-4H2,(H,6,7,8)(H,9,10,11). The van der Waals surface area contributed by atoms with E-state index in [1.807, 2.05) is 0 Å².